The van der Waals surface area contributed by atoms with Crippen LogP contribution in [-0.4, -0.2) is 79.2 Å². The highest BCUT2D eigenvalue weighted by molar-refractivity contribution is 7.90. The van der Waals surface area contributed by atoms with E-state index in [9.17, 15) is 18.0 Å². The monoisotopic (exact) mass is 676 g/mol. The van der Waals surface area contributed by atoms with Crippen molar-refractivity contribution in [1.82, 2.24) is 19.1 Å². The Morgan fingerprint density at radius 2 is 1.62 bits per heavy atom. The largest absolute Gasteiger partial charge is 0.497 e. The maximum Gasteiger partial charge on any atom is 0.264 e. The van der Waals surface area contributed by atoms with Crippen LogP contribution in [0.1, 0.15) is 101 Å². The van der Waals surface area contributed by atoms with Crippen LogP contribution >= 0.6 is 0 Å². The fourth-order valence-electron chi connectivity index (χ4n) is 8.29. The van der Waals surface area contributed by atoms with Gasteiger partial charge in [-0.15, -0.1) is 0 Å². The molecule has 1 aliphatic carbocycles. The molecule has 6 rings (SSSR count). The van der Waals surface area contributed by atoms with E-state index in [1.54, 1.807) is 27.0 Å². The van der Waals surface area contributed by atoms with E-state index < -0.39 is 26.6 Å². The number of likely N-dealkylation sites (N-methyl/N-ethyl adjacent to an activating group) is 1. The number of benzene rings is 2. The van der Waals surface area contributed by atoms with E-state index in [-0.39, 0.29) is 23.6 Å². The smallest absolute Gasteiger partial charge is 0.264 e. The van der Waals surface area contributed by atoms with Crippen molar-refractivity contribution in [2.45, 2.75) is 109 Å². The van der Waals surface area contributed by atoms with Crippen LogP contribution < -0.4 is 9.46 Å². The summed E-state index contributed by atoms with van der Waals surface area (Å²) in [5.41, 5.74) is 3.79. The standard InChI is InChI=1S/C38H52N4O5S/c1-7-38(4,37(44)42-29-16-17-30(42)23-40(5)22-29)24-41-33-21-28(36(43)39-48(45,46)25(2)3)15-20-32(33)34(26-11-9-8-10-12-26)35(41)27-13-18-31(47-6)19-14-27/h13-15,18-21,25-26,29-30H,7-12,16-17,22-24H2,1-6H3,(H,39,43)/t29?,30?,38-/m0/s1. The molecular formula is C38H52N4O5S. The molecule has 1 saturated carbocycles. The van der Waals surface area contributed by atoms with Crippen LogP contribution in [0.5, 0.6) is 5.75 Å². The van der Waals surface area contributed by atoms with Crippen LogP contribution in [0, 0.1) is 5.41 Å². The molecule has 2 unspecified atom stereocenters. The zero-order chi connectivity index (χ0) is 34.4. The van der Waals surface area contributed by atoms with Crippen molar-refractivity contribution in [2.24, 2.45) is 5.41 Å². The molecule has 3 atom stereocenters. The lowest BCUT2D eigenvalue weighted by molar-refractivity contribution is -0.148. The van der Waals surface area contributed by atoms with Crippen LogP contribution in [0.15, 0.2) is 42.5 Å². The first kappa shape index (κ1) is 34.5. The Labute approximate surface area is 286 Å². The lowest BCUT2D eigenvalue weighted by atomic mass is 9.81. The molecule has 2 amide bonds. The van der Waals surface area contributed by atoms with E-state index in [0.717, 1.165) is 79.5 Å². The van der Waals surface area contributed by atoms with Crippen molar-refractivity contribution in [2.75, 3.05) is 27.2 Å². The van der Waals surface area contributed by atoms with Crippen molar-refractivity contribution >= 4 is 32.7 Å². The molecule has 10 heteroatoms. The third-order valence-corrected chi connectivity index (χ3v) is 13.0. The lowest BCUT2D eigenvalue weighted by Crippen LogP contribution is -2.58. The van der Waals surface area contributed by atoms with Gasteiger partial charge >= 0.3 is 0 Å². The summed E-state index contributed by atoms with van der Waals surface area (Å²) in [5, 5.41) is 0.316. The van der Waals surface area contributed by atoms with E-state index >= 15 is 0 Å². The number of carbonyl (C=O) groups excluding carboxylic acids is 2. The Balaban J connectivity index is 1.53. The molecule has 3 heterocycles. The number of aromatic nitrogens is 1. The van der Waals surface area contributed by atoms with Crippen molar-refractivity contribution < 1.29 is 22.7 Å². The number of nitrogens with zero attached hydrogens (tertiary/aromatic N) is 3. The Morgan fingerprint density at radius 3 is 2.21 bits per heavy atom. The molecule has 1 aromatic heterocycles. The van der Waals surface area contributed by atoms with E-state index in [4.69, 9.17) is 4.74 Å². The van der Waals surface area contributed by atoms with Crippen molar-refractivity contribution in [3.63, 3.8) is 0 Å². The zero-order valence-electron chi connectivity index (χ0n) is 29.4. The number of ether oxygens (including phenoxy) is 1. The van der Waals surface area contributed by atoms with Gasteiger partial charge in [0.05, 0.1) is 23.5 Å². The number of fused-ring (bicyclic) bond motifs is 3. The molecule has 2 aliphatic heterocycles. The summed E-state index contributed by atoms with van der Waals surface area (Å²) in [7, 11) is -0.00845. The molecule has 1 N–H and O–H groups in total. The highest BCUT2D eigenvalue weighted by Gasteiger charge is 2.47. The topological polar surface area (TPSA) is 101 Å². The Hall–Kier alpha value is -3.37. The van der Waals surface area contributed by atoms with Gasteiger partial charge in [-0.25, -0.2) is 13.1 Å². The van der Waals surface area contributed by atoms with Crippen LogP contribution in [0.25, 0.3) is 22.2 Å². The first-order chi connectivity index (χ1) is 22.9. The minimum absolute atomic E-state index is 0.198. The van der Waals surface area contributed by atoms with Crippen molar-refractivity contribution in [3.05, 3.63) is 53.6 Å². The SMILES string of the molecule is CC[C@@](C)(Cn1c(-c2ccc(OC)cc2)c(C2CCCCC2)c2ccc(C(=O)NS(=O)(=O)C(C)C)cc21)C(=O)N1C2CCC1CN(C)C2. The molecule has 0 radical (unpaired) electrons. The van der Waals surface area contributed by atoms with Crippen molar-refractivity contribution in [3.8, 4) is 17.0 Å². The molecule has 0 spiro atoms. The molecule has 48 heavy (non-hydrogen) atoms. The fraction of sp³-hybridized carbons (Fsp3) is 0.579. The number of likely N-dealkylation sites (tertiary alicyclic amines) is 1. The van der Waals surface area contributed by atoms with Gasteiger partial charge in [0.1, 0.15) is 5.75 Å². The van der Waals surface area contributed by atoms with Gasteiger partial charge in [0.15, 0.2) is 0 Å². The van der Waals surface area contributed by atoms with Gasteiger partial charge < -0.3 is 19.1 Å². The second kappa shape index (κ2) is 13.5. The first-order valence-electron chi connectivity index (χ1n) is 17.7. The van der Waals surface area contributed by atoms with Crippen LogP contribution in [0.2, 0.25) is 0 Å². The molecule has 2 aromatic carbocycles. The molecular weight excluding hydrogens is 625 g/mol. The number of hydrogen-bond acceptors (Lipinski definition) is 6. The van der Waals surface area contributed by atoms with Crippen LogP contribution in [0.4, 0.5) is 0 Å². The van der Waals surface area contributed by atoms with Crippen LogP contribution in [-0.2, 0) is 21.4 Å². The number of carbonyl (C=O) groups is 2. The molecule has 3 aliphatic rings. The Kier molecular flexibility index (Phi) is 9.70. The van der Waals surface area contributed by atoms with E-state index in [1.165, 1.54) is 12.0 Å². The maximum absolute atomic E-state index is 14.7. The molecule has 2 saturated heterocycles. The quantitative estimate of drug-likeness (QED) is 0.261. The van der Waals surface area contributed by atoms with E-state index in [0.29, 0.717) is 18.9 Å². The van der Waals surface area contributed by atoms with Gasteiger partial charge in [-0.1, -0.05) is 32.3 Å². The number of hydrogen-bond donors (Lipinski definition) is 1. The van der Waals surface area contributed by atoms with Gasteiger partial charge in [-0.2, -0.15) is 0 Å². The third-order valence-electron chi connectivity index (χ3n) is 11.3. The summed E-state index contributed by atoms with van der Waals surface area (Å²) >= 11 is 0. The molecule has 3 aromatic rings. The third kappa shape index (κ3) is 6.38. The van der Waals surface area contributed by atoms with Gasteiger partial charge in [-0.05, 0) is 113 Å². The van der Waals surface area contributed by atoms with Crippen molar-refractivity contribution in [1.29, 1.82) is 0 Å². The molecule has 2 bridgehead atoms. The first-order valence-corrected chi connectivity index (χ1v) is 19.3. The Morgan fingerprint density at radius 1 is 0.979 bits per heavy atom. The summed E-state index contributed by atoms with van der Waals surface area (Å²) in [6.07, 6.45) is 8.41. The predicted molar refractivity (Wildman–Crippen MR) is 191 cm³/mol. The average Bonchev–Trinajstić information content (AvgIpc) is 3.54. The fourth-order valence-corrected chi connectivity index (χ4v) is 8.90. The summed E-state index contributed by atoms with van der Waals surface area (Å²) in [6, 6.07) is 14.2. The molecule has 3 fully saturated rings. The van der Waals surface area contributed by atoms with Gasteiger partial charge in [0, 0.05) is 48.2 Å². The number of nitrogens with one attached hydrogen (secondary N) is 1. The maximum atomic E-state index is 14.7. The molecule has 9 nitrogen and oxygen atoms in total. The Bertz CT molecular complexity index is 1760. The van der Waals surface area contributed by atoms with Gasteiger partial charge in [0.2, 0.25) is 15.9 Å². The van der Waals surface area contributed by atoms with Gasteiger partial charge in [-0.3, -0.25) is 9.59 Å². The summed E-state index contributed by atoms with van der Waals surface area (Å²) < 4.78 is 35.4. The lowest BCUT2D eigenvalue weighted by Gasteiger charge is -2.44. The zero-order valence-corrected chi connectivity index (χ0v) is 30.2. The highest BCUT2D eigenvalue weighted by atomic mass is 32.2. The number of amides is 2. The normalized spacial score (nSPS) is 21.9. The van der Waals surface area contributed by atoms with Gasteiger partial charge in [0.25, 0.3) is 5.91 Å². The minimum Gasteiger partial charge on any atom is -0.497 e. The number of methoxy groups -OCH3 is 1. The average molecular weight is 677 g/mol. The van der Waals surface area contributed by atoms with E-state index in [1.807, 2.05) is 24.3 Å². The number of rotatable bonds is 10. The van der Waals surface area contributed by atoms with Crippen LogP contribution in [0.3, 0.4) is 0 Å². The summed E-state index contributed by atoms with van der Waals surface area (Å²) in [5.74, 6) is 0.652. The summed E-state index contributed by atoms with van der Waals surface area (Å²) in [6.45, 7) is 9.54. The second-order valence-corrected chi connectivity index (χ2v) is 17.1. The van der Waals surface area contributed by atoms with E-state index in [2.05, 4.69) is 52.1 Å². The molecule has 260 valence electrons. The summed E-state index contributed by atoms with van der Waals surface area (Å²) in [4.78, 5) is 32.7. The highest BCUT2D eigenvalue weighted by Crippen LogP contribution is 2.46. The second-order valence-electron chi connectivity index (χ2n) is 14.9. The number of piperazine rings is 1. The minimum atomic E-state index is -3.82. The number of sulfonamides is 1. The predicted octanol–water partition coefficient (Wildman–Crippen LogP) is 6.55.